The molecule has 0 amide bonds. The number of rotatable bonds is 5. The minimum absolute atomic E-state index is 0.0845. The molecule has 0 spiro atoms. The van der Waals surface area contributed by atoms with Gasteiger partial charge in [0.1, 0.15) is 0 Å². The molecule has 45 heavy (non-hydrogen) atoms. The van der Waals surface area contributed by atoms with Crippen molar-refractivity contribution in [3.8, 4) is 67.5 Å². The molecule has 0 atom stereocenters. The maximum absolute atomic E-state index is 5.18. The summed E-state index contributed by atoms with van der Waals surface area (Å²) in [6, 6.07) is 53.0. The molecule has 7 aromatic rings. The van der Waals surface area contributed by atoms with Crippen LogP contribution in [0.5, 0.6) is 0 Å². The Morgan fingerprint density at radius 3 is 1.40 bits per heavy atom. The van der Waals surface area contributed by atoms with Crippen molar-refractivity contribution in [2.24, 2.45) is 0 Å². The standard InChI is InChI=1S/C42H31N3/c1-42(2)37-24-14-13-21-33(37)34-26-25-30(27-38(34)42)32-20-10-12-23-36(32)41-44-39(29-17-7-4-8-18-29)43-40(45-41)35-22-11-9-19-31(35)28-15-5-3-6-16-28/h3-27H,1-2H3. The summed E-state index contributed by atoms with van der Waals surface area (Å²) in [4.78, 5) is 15.3. The van der Waals surface area contributed by atoms with Crippen molar-refractivity contribution in [1.82, 2.24) is 15.0 Å². The highest BCUT2D eigenvalue weighted by Crippen LogP contribution is 2.50. The first-order valence-corrected chi connectivity index (χ1v) is 15.4. The second-order valence-electron chi connectivity index (χ2n) is 12.1. The van der Waals surface area contributed by atoms with E-state index in [1.54, 1.807) is 0 Å². The van der Waals surface area contributed by atoms with E-state index in [1.165, 1.54) is 22.3 Å². The lowest BCUT2D eigenvalue weighted by Crippen LogP contribution is -2.14. The highest BCUT2D eigenvalue weighted by molar-refractivity contribution is 5.88. The molecule has 1 aliphatic rings. The molecule has 8 rings (SSSR count). The molecule has 214 valence electrons. The van der Waals surface area contributed by atoms with Gasteiger partial charge in [0.15, 0.2) is 17.5 Å². The first kappa shape index (κ1) is 26.9. The number of hydrogen-bond acceptors (Lipinski definition) is 3. The van der Waals surface area contributed by atoms with Gasteiger partial charge in [-0.05, 0) is 50.6 Å². The van der Waals surface area contributed by atoms with Crippen molar-refractivity contribution >= 4 is 0 Å². The fraction of sp³-hybridized carbons (Fsp3) is 0.0714. The number of benzene rings is 6. The average Bonchev–Trinajstić information content (AvgIpc) is 3.34. The zero-order valence-electron chi connectivity index (χ0n) is 25.3. The molecule has 0 saturated heterocycles. The van der Waals surface area contributed by atoms with Crippen LogP contribution in [-0.2, 0) is 5.41 Å². The van der Waals surface area contributed by atoms with Gasteiger partial charge >= 0.3 is 0 Å². The summed E-state index contributed by atoms with van der Waals surface area (Å²) in [5, 5.41) is 0. The molecule has 1 heterocycles. The van der Waals surface area contributed by atoms with Crippen LogP contribution < -0.4 is 0 Å². The van der Waals surface area contributed by atoms with Gasteiger partial charge in [-0.1, -0.05) is 159 Å². The molecule has 1 aromatic heterocycles. The summed E-state index contributed by atoms with van der Waals surface area (Å²) in [5.74, 6) is 1.96. The Labute approximate surface area is 264 Å². The monoisotopic (exact) mass is 577 g/mol. The Morgan fingerprint density at radius 2 is 0.778 bits per heavy atom. The Hall–Kier alpha value is -5.67. The summed E-state index contributed by atoms with van der Waals surface area (Å²) in [6.07, 6.45) is 0. The predicted octanol–water partition coefficient (Wildman–Crippen LogP) is 10.5. The van der Waals surface area contributed by atoms with E-state index in [-0.39, 0.29) is 5.41 Å². The summed E-state index contributed by atoms with van der Waals surface area (Å²) < 4.78 is 0. The van der Waals surface area contributed by atoms with E-state index in [1.807, 2.05) is 30.3 Å². The van der Waals surface area contributed by atoms with Gasteiger partial charge in [-0.25, -0.2) is 15.0 Å². The van der Waals surface area contributed by atoms with E-state index in [9.17, 15) is 0 Å². The zero-order valence-corrected chi connectivity index (χ0v) is 25.3. The van der Waals surface area contributed by atoms with Crippen LogP contribution in [0, 0.1) is 0 Å². The largest absolute Gasteiger partial charge is 0.208 e. The van der Waals surface area contributed by atoms with E-state index in [0.29, 0.717) is 17.5 Å². The number of hydrogen-bond donors (Lipinski definition) is 0. The van der Waals surface area contributed by atoms with Crippen LogP contribution in [0.25, 0.3) is 67.5 Å². The lowest BCUT2D eigenvalue weighted by molar-refractivity contribution is 0.660. The zero-order chi connectivity index (χ0) is 30.4. The smallest absolute Gasteiger partial charge is 0.164 e. The maximum Gasteiger partial charge on any atom is 0.164 e. The SMILES string of the molecule is CC1(C)c2ccccc2-c2ccc(-c3ccccc3-c3nc(-c4ccccc4)nc(-c4ccccc4-c4ccccc4)n3)cc21. The molecule has 0 aliphatic heterocycles. The Balaban J connectivity index is 1.32. The van der Waals surface area contributed by atoms with Crippen molar-refractivity contribution in [3.63, 3.8) is 0 Å². The third-order valence-electron chi connectivity index (χ3n) is 8.98. The number of aromatic nitrogens is 3. The number of nitrogens with zero attached hydrogens (tertiary/aromatic N) is 3. The van der Waals surface area contributed by atoms with Gasteiger partial charge in [-0.3, -0.25) is 0 Å². The second-order valence-corrected chi connectivity index (χ2v) is 12.1. The van der Waals surface area contributed by atoms with Crippen molar-refractivity contribution in [1.29, 1.82) is 0 Å². The molecule has 0 unspecified atom stereocenters. The molecular weight excluding hydrogens is 546 g/mol. The molecular formula is C42H31N3. The summed E-state index contributed by atoms with van der Waals surface area (Å²) in [7, 11) is 0. The third-order valence-corrected chi connectivity index (χ3v) is 8.98. The molecule has 0 radical (unpaired) electrons. The van der Waals surface area contributed by atoms with E-state index in [0.717, 1.165) is 38.9 Å². The molecule has 1 aliphatic carbocycles. The van der Waals surface area contributed by atoms with Gasteiger partial charge in [0.2, 0.25) is 0 Å². The van der Waals surface area contributed by atoms with Gasteiger partial charge < -0.3 is 0 Å². The van der Waals surface area contributed by atoms with Crippen LogP contribution >= 0.6 is 0 Å². The summed E-state index contributed by atoms with van der Waals surface area (Å²) in [5.41, 5.74) is 12.6. The average molecular weight is 578 g/mol. The van der Waals surface area contributed by atoms with E-state index in [4.69, 9.17) is 15.0 Å². The van der Waals surface area contributed by atoms with Crippen LogP contribution in [0.2, 0.25) is 0 Å². The Kier molecular flexibility index (Phi) is 6.46. The van der Waals surface area contributed by atoms with Gasteiger partial charge in [-0.15, -0.1) is 0 Å². The lowest BCUT2D eigenvalue weighted by atomic mass is 9.81. The van der Waals surface area contributed by atoms with E-state index in [2.05, 4.69) is 135 Å². The summed E-state index contributed by atoms with van der Waals surface area (Å²) in [6.45, 7) is 4.64. The molecule has 3 nitrogen and oxygen atoms in total. The Bertz CT molecular complexity index is 2180. The molecule has 0 saturated carbocycles. The second kappa shape index (κ2) is 10.8. The normalized spacial score (nSPS) is 12.8. The van der Waals surface area contributed by atoms with Crippen LogP contribution in [0.3, 0.4) is 0 Å². The third kappa shape index (κ3) is 4.65. The van der Waals surface area contributed by atoms with Crippen LogP contribution in [0.1, 0.15) is 25.0 Å². The summed E-state index contributed by atoms with van der Waals surface area (Å²) >= 11 is 0. The fourth-order valence-electron chi connectivity index (χ4n) is 6.68. The van der Waals surface area contributed by atoms with Crippen LogP contribution in [0.4, 0.5) is 0 Å². The van der Waals surface area contributed by atoms with Gasteiger partial charge in [0, 0.05) is 22.1 Å². The van der Waals surface area contributed by atoms with Gasteiger partial charge in [-0.2, -0.15) is 0 Å². The van der Waals surface area contributed by atoms with Gasteiger partial charge in [0.25, 0.3) is 0 Å². The first-order chi connectivity index (χ1) is 22.1. The predicted molar refractivity (Wildman–Crippen MR) is 185 cm³/mol. The van der Waals surface area contributed by atoms with Crippen LogP contribution in [-0.4, -0.2) is 15.0 Å². The molecule has 0 fully saturated rings. The highest BCUT2D eigenvalue weighted by Gasteiger charge is 2.35. The highest BCUT2D eigenvalue weighted by atomic mass is 15.0. The lowest BCUT2D eigenvalue weighted by Gasteiger charge is -2.22. The Morgan fingerprint density at radius 1 is 0.333 bits per heavy atom. The van der Waals surface area contributed by atoms with Crippen LogP contribution in [0.15, 0.2) is 152 Å². The quantitative estimate of drug-likeness (QED) is 0.204. The fourth-order valence-corrected chi connectivity index (χ4v) is 6.68. The van der Waals surface area contributed by atoms with Crippen molar-refractivity contribution in [3.05, 3.63) is 163 Å². The van der Waals surface area contributed by atoms with E-state index >= 15 is 0 Å². The number of fused-ring (bicyclic) bond motifs is 3. The molecule has 0 N–H and O–H groups in total. The minimum atomic E-state index is -0.0845. The minimum Gasteiger partial charge on any atom is -0.208 e. The van der Waals surface area contributed by atoms with Crippen molar-refractivity contribution < 1.29 is 0 Å². The van der Waals surface area contributed by atoms with E-state index < -0.39 is 0 Å². The van der Waals surface area contributed by atoms with Crippen molar-refractivity contribution in [2.75, 3.05) is 0 Å². The molecule has 0 bridgehead atoms. The topological polar surface area (TPSA) is 38.7 Å². The first-order valence-electron chi connectivity index (χ1n) is 15.4. The van der Waals surface area contributed by atoms with Crippen molar-refractivity contribution in [2.45, 2.75) is 19.3 Å². The maximum atomic E-state index is 5.18. The molecule has 3 heteroatoms. The van der Waals surface area contributed by atoms with Gasteiger partial charge in [0.05, 0.1) is 0 Å². The molecule has 6 aromatic carbocycles.